The summed E-state index contributed by atoms with van der Waals surface area (Å²) in [6, 6.07) is 15.6. The molecule has 6 nitrogen and oxygen atoms in total. The molecule has 1 N–H and O–H groups in total. The third-order valence-electron chi connectivity index (χ3n) is 4.99. The molecule has 158 valence electrons. The van der Waals surface area contributed by atoms with Crippen LogP contribution in [0, 0.1) is 20.8 Å². The molecule has 0 bridgehead atoms. The zero-order chi connectivity index (χ0) is 22.0. The highest BCUT2D eigenvalue weighted by atomic mass is 35.5. The Labute approximate surface area is 190 Å². The van der Waals surface area contributed by atoms with Crippen molar-refractivity contribution < 1.29 is 4.79 Å². The van der Waals surface area contributed by atoms with Gasteiger partial charge in [0.15, 0.2) is 0 Å². The maximum Gasteiger partial charge on any atom is 0.230 e. The van der Waals surface area contributed by atoms with Crippen LogP contribution in [0.1, 0.15) is 22.5 Å². The number of fused-ring (bicyclic) bond motifs is 1. The molecule has 31 heavy (non-hydrogen) atoms. The number of nitrogens with one attached hydrogen (secondary N) is 1. The summed E-state index contributed by atoms with van der Waals surface area (Å²) in [4.78, 5) is 12.4. The van der Waals surface area contributed by atoms with Gasteiger partial charge >= 0.3 is 0 Å². The van der Waals surface area contributed by atoms with Gasteiger partial charge in [-0.3, -0.25) is 4.79 Å². The van der Waals surface area contributed by atoms with E-state index in [0.29, 0.717) is 16.6 Å². The van der Waals surface area contributed by atoms with Gasteiger partial charge in [-0.05, 0) is 50.6 Å². The number of aromatic nitrogens is 4. The van der Waals surface area contributed by atoms with Crippen LogP contribution in [0.4, 0.5) is 0 Å². The number of carbonyl (C=O) groups is 1. The molecular weight excluding hydrogens is 430 g/mol. The molecule has 4 aromatic rings. The van der Waals surface area contributed by atoms with Crippen LogP contribution < -0.4 is 5.32 Å². The fourth-order valence-corrected chi connectivity index (χ4v) is 4.20. The molecule has 0 saturated heterocycles. The second-order valence-electron chi connectivity index (χ2n) is 7.34. The third kappa shape index (κ3) is 4.73. The molecular formula is C23H22ClN5OS. The molecule has 0 spiro atoms. The maximum absolute atomic E-state index is 12.4. The molecule has 0 aliphatic carbocycles. The van der Waals surface area contributed by atoms with Crippen LogP contribution in [0.5, 0.6) is 0 Å². The molecule has 0 unspecified atom stereocenters. The monoisotopic (exact) mass is 451 g/mol. The average molecular weight is 452 g/mol. The van der Waals surface area contributed by atoms with Crippen molar-refractivity contribution in [2.75, 3.05) is 5.75 Å². The zero-order valence-corrected chi connectivity index (χ0v) is 19.1. The van der Waals surface area contributed by atoms with Gasteiger partial charge in [-0.2, -0.15) is 10.2 Å². The Balaban J connectivity index is 1.51. The maximum atomic E-state index is 12.4. The van der Waals surface area contributed by atoms with Crippen molar-refractivity contribution in [3.8, 4) is 5.69 Å². The van der Waals surface area contributed by atoms with E-state index in [1.54, 1.807) is 0 Å². The number of amides is 1. The second-order valence-corrected chi connectivity index (χ2v) is 8.74. The number of benzene rings is 2. The summed E-state index contributed by atoms with van der Waals surface area (Å²) >= 11 is 7.36. The second kappa shape index (κ2) is 9.08. The summed E-state index contributed by atoms with van der Waals surface area (Å²) < 4.78 is 1.86. The van der Waals surface area contributed by atoms with E-state index in [-0.39, 0.29) is 11.7 Å². The Bertz CT molecular complexity index is 1240. The van der Waals surface area contributed by atoms with Crippen molar-refractivity contribution >= 4 is 40.2 Å². The minimum atomic E-state index is -0.0602. The topological polar surface area (TPSA) is 72.7 Å². The smallest absolute Gasteiger partial charge is 0.230 e. The van der Waals surface area contributed by atoms with Crippen LogP contribution in [0.3, 0.4) is 0 Å². The molecule has 1 amide bonds. The average Bonchev–Trinajstić information content (AvgIpc) is 3.11. The van der Waals surface area contributed by atoms with Gasteiger partial charge in [-0.1, -0.05) is 53.2 Å². The summed E-state index contributed by atoms with van der Waals surface area (Å²) in [7, 11) is 0. The highest BCUT2D eigenvalue weighted by molar-refractivity contribution is 8.00. The molecule has 2 aromatic carbocycles. The minimum absolute atomic E-state index is 0.0602. The zero-order valence-electron chi connectivity index (χ0n) is 17.5. The summed E-state index contributed by atoms with van der Waals surface area (Å²) in [6.45, 7) is 6.46. The van der Waals surface area contributed by atoms with E-state index in [1.165, 1.54) is 17.3 Å². The summed E-state index contributed by atoms with van der Waals surface area (Å²) in [5, 5.41) is 18.6. The number of halogens is 1. The first-order valence-electron chi connectivity index (χ1n) is 9.86. The van der Waals surface area contributed by atoms with E-state index >= 15 is 0 Å². The highest BCUT2D eigenvalue weighted by Gasteiger charge is 2.18. The molecule has 0 fully saturated rings. The van der Waals surface area contributed by atoms with E-state index < -0.39 is 0 Å². The lowest BCUT2D eigenvalue weighted by Gasteiger charge is -2.06. The Kier molecular flexibility index (Phi) is 6.25. The quantitative estimate of drug-likeness (QED) is 0.426. The Morgan fingerprint density at radius 3 is 2.45 bits per heavy atom. The molecule has 0 aliphatic rings. The van der Waals surface area contributed by atoms with Gasteiger partial charge in [-0.15, -0.1) is 5.10 Å². The molecule has 2 heterocycles. The number of carbonyl (C=O) groups excluding carboxylic acids is 1. The number of rotatable bonds is 6. The van der Waals surface area contributed by atoms with E-state index in [9.17, 15) is 4.79 Å². The predicted octanol–water partition coefficient (Wildman–Crippen LogP) is 4.80. The van der Waals surface area contributed by atoms with E-state index in [0.717, 1.165) is 33.5 Å². The Morgan fingerprint density at radius 1 is 1.03 bits per heavy atom. The summed E-state index contributed by atoms with van der Waals surface area (Å²) in [5.74, 6) is 0.181. The highest BCUT2D eigenvalue weighted by Crippen LogP contribution is 2.30. The van der Waals surface area contributed by atoms with Gasteiger partial charge in [0.25, 0.3) is 0 Å². The number of aryl methyl sites for hydroxylation is 3. The van der Waals surface area contributed by atoms with Crippen molar-refractivity contribution in [1.82, 2.24) is 25.3 Å². The van der Waals surface area contributed by atoms with Gasteiger partial charge in [0.2, 0.25) is 5.91 Å². The number of hydrogen-bond acceptors (Lipinski definition) is 5. The van der Waals surface area contributed by atoms with E-state index in [1.807, 2.05) is 74.0 Å². The largest absolute Gasteiger partial charge is 0.351 e. The van der Waals surface area contributed by atoms with Crippen LogP contribution in [-0.4, -0.2) is 31.6 Å². The van der Waals surface area contributed by atoms with Crippen LogP contribution in [0.2, 0.25) is 5.02 Å². The van der Waals surface area contributed by atoms with Crippen molar-refractivity contribution in [2.24, 2.45) is 0 Å². The van der Waals surface area contributed by atoms with Crippen molar-refractivity contribution in [1.29, 1.82) is 0 Å². The van der Waals surface area contributed by atoms with Gasteiger partial charge in [0.1, 0.15) is 10.5 Å². The molecule has 2 aromatic heterocycles. The van der Waals surface area contributed by atoms with E-state index in [4.69, 9.17) is 16.7 Å². The molecule has 0 saturated carbocycles. The first kappa shape index (κ1) is 21.3. The van der Waals surface area contributed by atoms with E-state index in [2.05, 4.69) is 15.5 Å². The fourth-order valence-electron chi connectivity index (χ4n) is 3.33. The predicted molar refractivity (Wildman–Crippen MR) is 125 cm³/mol. The van der Waals surface area contributed by atoms with Crippen LogP contribution in [0.15, 0.2) is 53.6 Å². The lowest BCUT2D eigenvalue weighted by Crippen LogP contribution is -2.24. The lowest BCUT2D eigenvalue weighted by atomic mass is 10.1. The van der Waals surface area contributed by atoms with Gasteiger partial charge in [0, 0.05) is 17.0 Å². The molecule has 0 aliphatic heterocycles. The van der Waals surface area contributed by atoms with Gasteiger partial charge in [-0.25, -0.2) is 4.68 Å². The summed E-state index contributed by atoms with van der Waals surface area (Å²) in [6.07, 6.45) is 0. The van der Waals surface area contributed by atoms with Gasteiger partial charge < -0.3 is 5.32 Å². The van der Waals surface area contributed by atoms with Crippen molar-refractivity contribution in [3.05, 3.63) is 76.1 Å². The van der Waals surface area contributed by atoms with Crippen LogP contribution in [0.25, 0.3) is 16.6 Å². The standard InChI is InChI=1S/C23H22ClN5OS/c1-14-4-6-17(7-5-14)12-25-20(30)13-31-23-22-21(15(2)26-27-23)16(3)29(28-22)19-10-8-18(24)9-11-19/h4-11H,12-13H2,1-3H3,(H,25,30). The van der Waals surface area contributed by atoms with Crippen LogP contribution >= 0.6 is 23.4 Å². The molecule has 4 rings (SSSR count). The number of nitrogens with zero attached hydrogens (tertiary/aromatic N) is 4. The SMILES string of the molecule is Cc1ccc(CNC(=O)CSc2nnc(C)c3c(C)n(-c4ccc(Cl)cc4)nc23)cc1. The minimum Gasteiger partial charge on any atom is -0.351 e. The number of hydrogen-bond donors (Lipinski definition) is 1. The van der Waals surface area contributed by atoms with Crippen molar-refractivity contribution in [2.45, 2.75) is 32.3 Å². The molecule has 0 radical (unpaired) electrons. The molecule has 8 heteroatoms. The Morgan fingerprint density at radius 2 is 1.74 bits per heavy atom. The fraction of sp³-hybridized carbons (Fsp3) is 0.217. The van der Waals surface area contributed by atoms with Crippen LogP contribution in [-0.2, 0) is 11.3 Å². The number of thioether (sulfide) groups is 1. The Hall–Kier alpha value is -2.90. The third-order valence-corrected chi connectivity index (χ3v) is 6.20. The molecule has 0 atom stereocenters. The van der Waals surface area contributed by atoms with Crippen molar-refractivity contribution in [3.63, 3.8) is 0 Å². The van der Waals surface area contributed by atoms with Gasteiger partial charge in [0.05, 0.1) is 22.8 Å². The lowest BCUT2D eigenvalue weighted by molar-refractivity contribution is -0.118. The first-order valence-corrected chi connectivity index (χ1v) is 11.2. The first-order chi connectivity index (χ1) is 14.9. The summed E-state index contributed by atoms with van der Waals surface area (Å²) in [5.41, 5.74) is 5.69. The normalized spacial score (nSPS) is 11.1.